The lowest BCUT2D eigenvalue weighted by molar-refractivity contribution is 0.102. The Balaban J connectivity index is 1.64. The number of carbonyl (C=O) groups excluding carboxylic acids is 1. The van der Waals surface area contributed by atoms with Crippen LogP contribution in [0.15, 0.2) is 54.6 Å². The topological polar surface area (TPSA) is 77.2 Å². The van der Waals surface area contributed by atoms with Gasteiger partial charge in [-0.3, -0.25) is 4.79 Å². The summed E-state index contributed by atoms with van der Waals surface area (Å²) in [6, 6.07) is 17.1. The van der Waals surface area contributed by atoms with Gasteiger partial charge in [0.05, 0.1) is 5.56 Å². The highest BCUT2D eigenvalue weighted by atomic mass is 16.5. The number of hydrogen-bond donors (Lipinski definition) is 2. The Kier molecular flexibility index (Phi) is 6.17. The fourth-order valence-corrected chi connectivity index (χ4v) is 3.01. The first-order valence-electron chi connectivity index (χ1n) is 9.73. The fraction of sp³-hybridized carbons (Fsp3) is 0.250. The molecule has 0 aliphatic heterocycles. The largest absolute Gasteiger partial charge is 0.457 e. The summed E-state index contributed by atoms with van der Waals surface area (Å²) >= 11 is 0. The van der Waals surface area contributed by atoms with Gasteiger partial charge in [-0.25, -0.2) is 4.98 Å². The van der Waals surface area contributed by atoms with Crippen molar-refractivity contribution < 1.29 is 9.53 Å². The smallest absolute Gasteiger partial charge is 0.259 e. The lowest BCUT2D eigenvalue weighted by atomic mass is 10.0. The number of nitrogens with one attached hydrogen (secondary N) is 1. The molecule has 0 saturated carbocycles. The van der Waals surface area contributed by atoms with Crippen molar-refractivity contribution in [3.05, 3.63) is 77.0 Å². The number of pyridine rings is 1. The van der Waals surface area contributed by atoms with Crippen molar-refractivity contribution in [2.75, 3.05) is 11.1 Å². The van der Waals surface area contributed by atoms with E-state index in [1.165, 1.54) is 5.56 Å². The van der Waals surface area contributed by atoms with E-state index in [0.717, 1.165) is 23.4 Å². The number of aryl methyl sites for hydroxylation is 2. The third kappa shape index (κ3) is 5.35. The zero-order valence-electron chi connectivity index (χ0n) is 17.3. The standard InChI is InChI=1S/C24H27N3O2/c1-15(2)13-18-5-9-20(10-6-18)29-21-11-7-19(8-12-21)27-24(28)22-14-16(3)17(4)26-23(22)25/h5-12,14-15H,13H2,1-4H3,(H2,25,26)(H,27,28). The van der Waals surface area contributed by atoms with Crippen molar-refractivity contribution in [3.8, 4) is 11.5 Å². The maximum absolute atomic E-state index is 12.5. The second-order valence-corrected chi connectivity index (χ2v) is 7.65. The predicted octanol–water partition coefficient (Wildman–Crippen LogP) is 5.52. The number of aromatic nitrogens is 1. The minimum atomic E-state index is -0.285. The average Bonchev–Trinajstić information content (AvgIpc) is 2.67. The van der Waals surface area contributed by atoms with E-state index in [1.54, 1.807) is 18.2 Å². The maximum atomic E-state index is 12.5. The molecule has 0 aliphatic carbocycles. The average molecular weight is 389 g/mol. The van der Waals surface area contributed by atoms with E-state index in [1.807, 2.05) is 38.1 Å². The molecule has 1 heterocycles. The molecule has 0 aliphatic rings. The van der Waals surface area contributed by atoms with Crippen molar-refractivity contribution in [2.45, 2.75) is 34.1 Å². The molecule has 5 nitrogen and oxygen atoms in total. The molecule has 0 fully saturated rings. The first-order valence-corrected chi connectivity index (χ1v) is 9.73. The zero-order chi connectivity index (χ0) is 21.0. The van der Waals surface area contributed by atoms with Gasteiger partial charge in [0.15, 0.2) is 0 Å². The Morgan fingerprint density at radius 3 is 2.21 bits per heavy atom. The number of nitrogen functional groups attached to an aromatic ring is 1. The molecule has 3 aromatic rings. The molecule has 0 atom stereocenters. The van der Waals surface area contributed by atoms with Gasteiger partial charge in [0.2, 0.25) is 0 Å². The third-order valence-corrected chi connectivity index (χ3v) is 4.66. The summed E-state index contributed by atoms with van der Waals surface area (Å²) in [7, 11) is 0. The first kappa shape index (κ1) is 20.4. The molecule has 0 unspecified atom stereocenters. The SMILES string of the molecule is Cc1cc(C(=O)Nc2ccc(Oc3ccc(CC(C)C)cc3)cc2)c(N)nc1C. The summed E-state index contributed by atoms with van der Waals surface area (Å²) in [5.41, 5.74) is 9.97. The molecule has 150 valence electrons. The van der Waals surface area contributed by atoms with Gasteiger partial charge in [0.1, 0.15) is 17.3 Å². The highest BCUT2D eigenvalue weighted by Crippen LogP contribution is 2.24. The molecule has 3 rings (SSSR count). The number of anilines is 2. The van der Waals surface area contributed by atoms with Gasteiger partial charge in [-0.2, -0.15) is 0 Å². The second kappa shape index (κ2) is 8.78. The normalized spacial score (nSPS) is 10.8. The van der Waals surface area contributed by atoms with Gasteiger partial charge in [-0.05, 0) is 79.8 Å². The van der Waals surface area contributed by atoms with Crippen molar-refractivity contribution >= 4 is 17.4 Å². The van der Waals surface area contributed by atoms with Gasteiger partial charge in [0.25, 0.3) is 5.91 Å². The van der Waals surface area contributed by atoms with Crippen molar-refractivity contribution in [3.63, 3.8) is 0 Å². The third-order valence-electron chi connectivity index (χ3n) is 4.66. The Hall–Kier alpha value is -3.34. The molecule has 1 aromatic heterocycles. The van der Waals surface area contributed by atoms with E-state index in [0.29, 0.717) is 22.9 Å². The van der Waals surface area contributed by atoms with Crippen molar-refractivity contribution in [2.24, 2.45) is 5.92 Å². The number of ether oxygens (including phenoxy) is 1. The van der Waals surface area contributed by atoms with Crippen LogP contribution in [0.2, 0.25) is 0 Å². The number of rotatable bonds is 6. The van der Waals surface area contributed by atoms with Gasteiger partial charge in [0, 0.05) is 11.4 Å². The lowest BCUT2D eigenvalue weighted by Crippen LogP contribution is -2.15. The Bertz CT molecular complexity index is 994. The van der Waals surface area contributed by atoms with Crippen LogP contribution in [-0.4, -0.2) is 10.9 Å². The number of benzene rings is 2. The van der Waals surface area contributed by atoms with Crippen LogP contribution in [0.1, 0.15) is 41.0 Å². The van der Waals surface area contributed by atoms with E-state index in [2.05, 4.69) is 36.3 Å². The van der Waals surface area contributed by atoms with Crippen LogP contribution in [-0.2, 0) is 6.42 Å². The van der Waals surface area contributed by atoms with Gasteiger partial charge in [-0.1, -0.05) is 26.0 Å². The lowest BCUT2D eigenvalue weighted by Gasteiger charge is -2.11. The van der Waals surface area contributed by atoms with Crippen molar-refractivity contribution in [1.82, 2.24) is 4.98 Å². The molecule has 0 spiro atoms. The molecule has 2 aromatic carbocycles. The predicted molar refractivity (Wildman–Crippen MR) is 118 cm³/mol. The zero-order valence-corrected chi connectivity index (χ0v) is 17.3. The Morgan fingerprint density at radius 2 is 1.62 bits per heavy atom. The van der Waals surface area contributed by atoms with Gasteiger partial charge >= 0.3 is 0 Å². The summed E-state index contributed by atoms with van der Waals surface area (Å²) in [4.78, 5) is 16.7. The van der Waals surface area contributed by atoms with Crippen LogP contribution >= 0.6 is 0 Å². The van der Waals surface area contributed by atoms with E-state index >= 15 is 0 Å². The first-order chi connectivity index (χ1) is 13.8. The number of carbonyl (C=O) groups is 1. The van der Waals surface area contributed by atoms with Crippen LogP contribution in [0.5, 0.6) is 11.5 Å². The van der Waals surface area contributed by atoms with Crippen LogP contribution in [0.4, 0.5) is 11.5 Å². The van der Waals surface area contributed by atoms with E-state index < -0.39 is 0 Å². The van der Waals surface area contributed by atoms with E-state index in [4.69, 9.17) is 10.5 Å². The van der Waals surface area contributed by atoms with E-state index in [9.17, 15) is 4.79 Å². The molecule has 0 bridgehead atoms. The van der Waals surface area contributed by atoms with Crippen molar-refractivity contribution in [1.29, 1.82) is 0 Å². The molecule has 3 N–H and O–H groups in total. The monoisotopic (exact) mass is 389 g/mol. The van der Waals surface area contributed by atoms with Gasteiger partial charge in [-0.15, -0.1) is 0 Å². The fourth-order valence-electron chi connectivity index (χ4n) is 3.01. The Morgan fingerprint density at radius 1 is 1.03 bits per heavy atom. The highest BCUT2D eigenvalue weighted by molar-refractivity contribution is 6.07. The number of nitrogens with zero attached hydrogens (tertiary/aromatic N) is 1. The minimum Gasteiger partial charge on any atom is -0.457 e. The summed E-state index contributed by atoms with van der Waals surface area (Å²) in [6.45, 7) is 8.18. The van der Waals surface area contributed by atoms with Crippen LogP contribution < -0.4 is 15.8 Å². The molecule has 0 radical (unpaired) electrons. The highest BCUT2D eigenvalue weighted by Gasteiger charge is 2.13. The molecular formula is C24H27N3O2. The number of nitrogens with two attached hydrogens (primary N) is 1. The summed E-state index contributed by atoms with van der Waals surface area (Å²) in [5, 5.41) is 2.85. The van der Waals surface area contributed by atoms with E-state index in [-0.39, 0.29) is 11.7 Å². The molecule has 5 heteroatoms. The minimum absolute atomic E-state index is 0.228. The molecule has 1 amide bonds. The summed E-state index contributed by atoms with van der Waals surface area (Å²) in [5.74, 6) is 2.05. The summed E-state index contributed by atoms with van der Waals surface area (Å²) < 4.78 is 5.89. The van der Waals surface area contributed by atoms with Crippen LogP contribution in [0.25, 0.3) is 0 Å². The number of hydrogen-bond acceptors (Lipinski definition) is 4. The Labute approximate surface area is 171 Å². The maximum Gasteiger partial charge on any atom is 0.259 e. The number of amides is 1. The molecule has 29 heavy (non-hydrogen) atoms. The summed E-state index contributed by atoms with van der Waals surface area (Å²) in [6.07, 6.45) is 1.05. The molecule has 0 saturated heterocycles. The van der Waals surface area contributed by atoms with Crippen LogP contribution in [0.3, 0.4) is 0 Å². The molecular weight excluding hydrogens is 362 g/mol. The van der Waals surface area contributed by atoms with Gasteiger partial charge < -0.3 is 15.8 Å². The quantitative estimate of drug-likeness (QED) is 0.581. The van der Waals surface area contributed by atoms with Crippen LogP contribution in [0, 0.1) is 19.8 Å². The second-order valence-electron chi connectivity index (χ2n) is 7.65.